The van der Waals surface area contributed by atoms with Gasteiger partial charge < -0.3 is 9.80 Å². The lowest BCUT2D eigenvalue weighted by molar-refractivity contribution is 0.0589. The number of imidazole rings is 2. The third-order valence-electron chi connectivity index (χ3n) is 12.6. The second-order valence-electron chi connectivity index (χ2n) is 16.1. The SMILES string of the molecule is CN(C1CCC(CN2CCC3(CCN(C4CCCCC4)CC3)C2)CC1)C(Cc1nccn1S(=O)(=O)N(C)C)Cc1nccn1S(=O)(=O)N(C)C. The van der Waals surface area contributed by atoms with Crippen LogP contribution >= 0.6 is 0 Å². The van der Waals surface area contributed by atoms with Gasteiger partial charge in [0.2, 0.25) is 0 Å². The molecule has 50 heavy (non-hydrogen) atoms. The number of piperidine rings is 1. The minimum absolute atomic E-state index is 0.216. The zero-order chi connectivity index (χ0) is 35.7. The Morgan fingerprint density at radius 1 is 0.740 bits per heavy atom. The van der Waals surface area contributed by atoms with Crippen molar-refractivity contribution in [3.05, 3.63) is 36.4 Å². The second-order valence-corrected chi connectivity index (χ2v) is 20.1. The average Bonchev–Trinajstić information content (AvgIpc) is 3.86. The standard InChI is InChI=1S/C35H61N9O4S2/c1-38(2)49(45,46)43-23-18-36-33(43)25-32(26-34-37-19-24-44(34)50(47,48)39(3)4)40(5)30-13-11-29(12-14-30)27-41-20-15-35(28-41)16-21-42(22-17-35)31-9-7-6-8-10-31/h18-19,23-24,29-32H,6-17,20-22,25-28H2,1-5H3. The summed E-state index contributed by atoms with van der Waals surface area (Å²) in [6.45, 7) is 6.27. The van der Waals surface area contributed by atoms with Gasteiger partial charge in [-0.1, -0.05) is 19.3 Å². The van der Waals surface area contributed by atoms with Gasteiger partial charge in [-0.15, -0.1) is 0 Å². The van der Waals surface area contributed by atoms with Crippen LogP contribution in [0.1, 0.15) is 88.7 Å². The first kappa shape index (κ1) is 37.9. The fraction of sp³-hybridized carbons (Fsp3) is 0.829. The van der Waals surface area contributed by atoms with Gasteiger partial charge in [0.05, 0.1) is 0 Å². The van der Waals surface area contributed by atoms with E-state index >= 15 is 0 Å². The molecule has 0 bridgehead atoms. The highest BCUT2D eigenvalue weighted by Crippen LogP contribution is 2.42. The molecule has 4 heterocycles. The summed E-state index contributed by atoms with van der Waals surface area (Å²) >= 11 is 0. The van der Waals surface area contributed by atoms with Crippen LogP contribution < -0.4 is 0 Å². The predicted molar refractivity (Wildman–Crippen MR) is 196 cm³/mol. The third-order valence-corrected chi connectivity index (χ3v) is 16.1. The van der Waals surface area contributed by atoms with Crippen molar-refractivity contribution in [2.45, 2.75) is 108 Å². The molecule has 0 N–H and O–H groups in total. The van der Waals surface area contributed by atoms with E-state index in [1.165, 1.54) is 154 Å². The van der Waals surface area contributed by atoms with Crippen LogP contribution in [-0.2, 0) is 33.3 Å². The van der Waals surface area contributed by atoms with Crippen molar-refractivity contribution in [2.75, 3.05) is 68.0 Å². The molecule has 0 radical (unpaired) electrons. The van der Waals surface area contributed by atoms with Crippen LogP contribution in [0.15, 0.2) is 24.8 Å². The predicted octanol–water partition coefficient (Wildman–Crippen LogP) is 3.15. The molecule has 13 nitrogen and oxygen atoms in total. The van der Waals surface area contributed by atoms with Gasteiger partial charge in [-0.2, -0.15) is 25.4 Å². The van der Waals surface area contributed by atoms with E-state index in [2.05, 4.69) is 31.7 Å². The lowest BCUT2D eigenvalue weighted by atomic mass is 9.77. The smallest absolute Gasteiger partial charge is 0.302 e. The van der Waals surface area contributed by atoms with Gasteiger partial charge in [-0.3, -0.25) is 4.90 Å². The molecule has 0 unspecified atom stereocenters. The van der Waals surface area contributed by atoms with Gasteiger partial charge in [-0.25, -0.2) is 17.9 Å². The Labute approximate surface area is 301 Å². The van der Waals surface area contributed by atoms with Gasteiger partial charge in [0.25, 0.3) is 0 Å². The molecule has 2 aliphatic carbocycles. The summed E-state index contributed by atoms with van der Waals surface area (Å²) in [6, 6.07) is 0.923. The third kappa shape index (κ3) is 8.18. The summed E-state index contributed by atoms with van der Waals surface area (Å²) in [5.41, 5.74) is 0.521. The Kier molecular flexibility index (Phi) is 11.8. The number of nitrogens with zero attached hydrogens (tertiary/aromatic N) is 9. The maximum Gasteiger partial charge on any atom is 0.308 e. The summed E-state index contributed by atoms with van der Waals surface area (Å²) < 4.78 is 57.3. The topological polar surface area (TPSA) is 120 Å². The molecule has 0 amide bonds. The van der Waals surface area contributed by atoms with Crippen molar-refractivity contribution in [1.82, 2.24) is 41.2 Å². The van der Waals surface area contributed by atoms with Crippen molar-refractivity contribution in [1.29, 1.82) is 0 Å². The lowest BCUT2D eigenvalue weighted by Crippen LogP contribution is -2.47. The number of likely N-dealkylation sites (tertiary alicyclic amines) is 2. The molecule has 4 aliphatic rings. The van der Waals surface area contributed by atoms with Crippen molar-refractivity contribution < 1.29 is 16.8 Å². The quantitative estimate of drug-likeness (QED) is 0.306. The highest BCUT2D eigenvalue weighted by atomic mass is 32.2. The average molecular weight is 736 g/mol. The van der Waals surface area contributed by atoms with Crippen molar-refractivity contribution in [2.24, 2.45) is 11.3 Å². The Morgan fingerprint density at radius 3 is 1.78 bits per heavy atom. The normalized spacial score (nSPS) is 24.8. The van der Waals surface area contributed by atoms with Gasteiger partial charge >= 0.3 is 20.4 Å². The molecule has 15 heteroatoms. The Hall–Kier alpha value is -1.88. The number of hydrogen-bond donors (Lipinski definition) is 0. The number of rotatable bonds is 13. The Bertz CT molecular complexity index is 1540. The molecule has 2 aromatic rings. The molecule has 6 rings (SSSR count). The molecule has 2 saturated heterocycles. The summed E-state index contributed by atoms with van der Waals surface area (Å²) in [5, 5.41) is 0. The number of aromatic nitrogens is 4. The largest absolute Gasteiger partial charge is 0.308 e. The first-order valence-electron chi connectivity index (χ1n) is 18.9. The minimum Gasteiger partial charge on any atom is -0.302 e. The van der Waals surface area contributed by atoms with Crippen LogP contribution in [-0.4, -0.2) is 144 Å². The number of likely N-dealkylation sites (N-methyl/N-ethyl adjacent to an activating group) is 1. The van der Waals surface area contributed by atoms with Gasteiger partial charge in [-0.05, 0) is 95.8 Å². The second kappa shape index (κ2) is 15.6. The van der Waals surface area contributed by atoms with Crippen LogP contribution in [0.2, 0.25) is 0 Å². The molecular weight excluding hydrogens is 675 g/mol. The zero-order valence-electron chi connectivity index (χ0n) is 31.0. The highest BCUT2D eigenvalue weighted by molar-refractivity contribution is 7.87. The van der Waals surface area contributed by atoms with Gasteiger partial charge in [0, 0.05) is 97.0 Å². The summed E-state index contributed by atoms with van der Waals surface area (Å²) in [7, 11) is 0.597. The summed E-state index contributed by atoms with van der Waals surface area (Å²) in [5.74, 6) is 1.53. The van der Waals surface area contributed by atoms with E-state index in [-0.39, 0.29) is 6.04 Å². The van der Waals surface area contributed by atoms with Crippen LogP contribution in [0, 0.1) is 11.3 Å². The zero-order valence-corrected chi connectivity index (χ0v) is 32.7. The molecular formula is C35H61N9O4S2. The summed E-state index contributed by atoms with van der Waals surface area (Å²) in [4.78, 5) is 16.9. The van der Waals surface area contributed by atoms with Crippen LogP contribution in [0.25, 0.3) is 0 Å². The first-order chi connectivity index (χ1) is 23.8. The van der Waals surface area contributed by atoms with E-state index in [0.717, 1.165) is 31.7 Å². The summed E-state index contributed by atoms with van der Waals surface area (Å²) in [6.07, 6.45) is 22.2. The molecule has 2 aromatic heterocycles. The van der Waals surface area contributed by atoms with E-state index in [0.29, 0.717) is 41.9 Å². The van der Waals surface area contributed by atoms with Gasteiger partial charge in [0.15, 0.2) is 0 Å². The van der Waals surface area contributed by atoms with Crippen LogP contribution in [0.4, 0.5) is 0 Å². The van der Waals surface area contributed by atoms with Crippen LogP contribution in [0.5, 0.6) is 0 Å². The monoisotopic (exact) mass is 735 g/mol. The fourth-order valence-electron chi connectivity index (χ4n) is 9.28. The Morgan fingerprint density at radius 2 is 1.26 bits per heavy atom. The van der Waals surface area contributed by atoms with Crippen molar-refractivity contribution >= 4 is 20.4 Å². The lowest BCUT2D eigenvalue weighted by Gasteiger charge is -2.44. The minimum atomic E-state index is -3.76. The molecule has 282 valence electrons. The molecule has 0 atom stereocenters. The van der Waals surface area contributed by atoms with Crippen LogP contribution in [0.3, 0.4) is 0 Å². The molecule has 4 fully saturated rings. The maximum atomic E-state index is 13.1. The van der Waals surface area contributed by atoms with E-state index in [1.807, 2.05) is 0 Å². The maximum absolute atomic E-state index is 13.1. The van der Waals surface area contributed by atoms with Crippen molar-refractivity contribution in [3.63, 3.8) is 0 Å². The van der Waals surface area contributed by atoms with E-state index in [1.54, 1.807) is 0 Å². The van der Waals surface area contributed by atoms with Gasteiger partial charge in [0.1, 0.15) is 11.6 Å². The molecule has 2 aliphatic heterocycles. The highest BCUT2D eigenvalue weighted by Gasteiger charge is 2.42. The Balaban J connectivity index is 1.08. The van der Waals surface area contributed by atoms with E-state index < -0.39 is 20.4 Å². The molecule has 0 aromatic carbocycles. The number of hydrogen-bond acceptors (Lipinski definition) is 9. The fourth-order valence-corrected chi connectivity index (χ4v) is 11.2. The van der Waals surface area contributed by atoms with E-state index in [4.69, 9.17) is 0 Å². The van der Waals surface area contributed by atoms with Crippen molar-refractivity contribution in [3.8, 4) is 0 Å². The molecule has 1 spiro atoms. The van der Waals surface area contributed by atoms with E-state index in [9.17, 15) is 16.8 Å². The molecule has 2 saturated carbocycles. The first-order valence-corrected chi connectivity index (χ1v) is 21.7.